The molecular weight excluding hydrogens is 443 g/mol. The van der Waals surface area contributed by atoms with Gasteiger partial charge in [0.05, 0.1) is 5.39 Å². The van der Waals surface area contributed by atoms with Crippen molar-refractivity contribution < 1.29 is 28.5 Å². The Kier molecular flexibility index (Phi) is 6.11. The van der Waals surface area contributed by atoms with Crippen LogP contribution in [0.5, 0.6) is 0 Å². The van der Waals surface area contributed by atoms with Gasteiger partial charge in [0.15, 0.2) is 6.20 Å². The van der Waals surface area contributed by atoms with Crippen LogP contribution in [-0.4, -0.2) is 6.54 Å². The predicted molar refractivity (Wildman–Crippen MR) is 111 cm³/mol. The van der Waals surface area contributed by atoms with Crippen LogP contribution in [0.4, 0.5) is 5.69 Å². The summed E-state index contributed by atoms with van der Waals surface area (Å²) in [6.07, 6.45) is 13.0. The number of aromatic nitrogens is 1. The minimum absolute atomic E-state index is 0. The van der Waals surface area contributed by atoms with Crippen LogP contribution in [-0.2, 0) is 7.05 Å². The molecule has 0 spiro atoms. The van der Waals surface area contributed by atoms with E-state index in [1.54, 1.807) is 0 Å². The first-order valence-corrected chi connectivity index (χ1v) is 9.08. The fraction of sp³-hybridized carbons (Fsp3) is 0.125. The van der Waals surface area contributed by atoms with Crippen molar-refractivity contribution >= 4 is 28.2 Å². The summed E-state index contributed by atoms with van der Waals surface area (Å²) in [5.74, 6) is 0. The second-order valence-electron chi connectivity index (χ2n) is 6.50. The van der Waals surface area contributed by atoms with Gasteiger partial charge in [0.2, 0.25) is 5.52 Å². The second-order valence-corrected chi connectivity index (χ2v) is 6.50. The average Bonchev–Trinajstić information content (AvgIpc) is 2.70. The van der Waals surface area contributed by atoms with E-state index >= 15 is 0 Å². The molecular formula is C24H23IN2. The van der Waals surface area contributed by atoms with E-state index in [-0.39, 0.29) is 24.0 Å². The van der Waals surface area contributed by atoms with Gasteiger partial charge in [0, 0.05) is 36.1 Å². The topological polar surface area (TPSA) is 7.12 Å². The molecule has 0 saturated heterocycles. The van der Waals surface area contributed by atoms with Crippen LogP contribution in [0.15, 0.2) is 85.2 Å². The molecule has 1 aromatic heterocycles. The lowest BCUT2D eigenvalue weighted by Gasteiger charge is -2.26. The van der Waals surface area contributed by atoms with E-state index in [4.69, 9.17) is 0 Å². The van der Waals surface area contributed by atoms with Gasteiger partial charge in [0.1, 0.15) is 7.05 Å². The Hall–Kier alpha value is -2.40. The fourth-order valence-corrected chi connectivity index (χ4v) is 3.52. The summed E-state index contributed by atoms with van der Waals surface area (Å²) >= 11 is 0. The highest BCUT2D eigenvalue weighted by atomic mass is 127. The Morgan fingerprint density at radius 1 is 1.00 bits per heavy atom. The molecule has 0 amide bonds. The van der Waals surface area contributed by atoms with Gasteiger partial charge in [-0.25, -0.2) is 4.57 Å². The first-order valence-electron chi connectivity index (χ1n) is 9.08. The zero-order chi connectivity index (χ0) is 17.9. The normalized spacial score (nSPS) is 14.6. The van der Waals surface area contributed by atoms with E-state index < -0.39 is 0 Å². The molecule has 0 unspecified atom stereocenters. The Balaban J connectivity index is 0.00000210. The number of fused-ring (bicyclic) bond motifs is 2. The highest BCUT2D eigenvalue weighted by molar-refractivity contribution is 5.89. The smallest absolute Gasteiger partial charge is 0.212 e. The number of allylic oxidation sites excluding steroid dienone is 4. The number of benzene rings is 2. The molecule has 0 radical (unpaired) electrons. The van der Waals surface area contributed by atoms with Gasteiger partial charge in [-0.05, 0) is 36.3 Å². The SMILES string of the molecule is CCN1C=CC(=CC=Cc2cc[n+](C)c3ccccc23)c2ccccc21.[I-]. The molecule has 3 heteroatoms. The molecule has 0 aliphatic carbocycles. The van der Waals surface area contributed by atoms with E-state index in [0.29, 0.717) is 0 Å². The van der Waals surface area contributed by atoms with E-state index in [9.17, 15) is 0 Å². The monoisotopic (exact) mass is 466 g/mol. The highest BCUT2D eigenvalue weighted by Gasteiger charge is 2.13. The summed E-state index contributed by atoms with van der Waals surface area (Å²) < 4.78 is 2.16. The summed E-state index contributed by atoms with van der Waals surface area (Å²) in [5.41, 5.74) is 6.27. The van der Waals surface area contributed by atoms with Crippen molar-refractivity contribution in [2.24, 2.45) is 7.05 Å². The molecule has 3 aromatic rings. The zero-order valence-electron chi connectivity index (χ0n) is 15.6. The number of hydrogen-bond donors (Lipinski definition) is 0. The van der Waals surface area contributed by atoms with E-state index in [1.165, 1.54) is 33.3 Å². The van der Waals surface area contributed by atoms with Crippen LogP contribution in [0, 0.1) is 0 Å². The Morgan fingerprint density at radius 2 is 1.78 bits per heavy atom. The van der Waals surface area contributed by atoms with Crippen molar-refractivity contribution in [2.45, 2.75) is 6.92 Å². The van der Waals surface area contributed by atoms with Crippen molar-refractivity contribution in [3.8, 4) is 0 Å². The molecule has 1 aliphatic heterocycles. The molecule has 0 bridgehead atoms. The third kappa shape index (κ3) is 3.83. The van der Waals surface area contributed by atoms with Gasteiger partial charge < -0.3 is 28.9 Å². The van der Waals surface area contributed by atoms with E-state index in [1.807, 2.05) is 0 Å². The van der Waals surface area contributed by atoms with Crippen molar-refractivity contribution in [2.75, 3.05) is 11.4 Å². The summed E-state index contributed by atoms with van der Waals surface area (Å²) in [7, 11) is 2.08. The van der Waals surface area contributed by atoms with Crippen molar-refractivity contribution in [3.63, 3.8) is 0 Å². The molecule has 0 atom stereocenters. The molecule has 0 fully saturated rings. The maximum atomic E-state index is 2.28. The predicted octanol–water partition coefficient (Wildman–Crippen LogP) is 2.12. The van der Waals surface area contributed by atoms with Crippen molar-refractivity contribution in [3.05, 3.63) is 96.3 Å². The van der Waals surface area contributed by atoms with Crippen LogP contribution in [0.3, 0.4) is 0 Å². The summed E-state index contributed by atoms with van der Waals surface area (Å²) in [5, 5.41) is 1.27. The number of rotatable bonds is 3. The molecule has 27 heavy (non-hydrogen) atoms. The molecule has 2 aromatic carbocycles. The van der Waals surface area contributed by atoms with Gasteiger partial charge in [-0.2, -0.15) is 0 Å². The van der Waals surface area contributed by atoms with Crippen LogP contribution in [0.1, 0.15) is 18.1 Å². The zero-order valence-corrected chi connectivity index (χ0v) is 17.8. The number of hydrogen-bond acceptors (Lipinski definition) is 1. The minimum Gasteiger partial charge on any atom is -1.00 e. The van der Waals surface area contributed by atoms with Crippen LogP contribution in [0.2, 0.25) is 0 Å². The van der Waals surface area contributed by atoms with Crippen LogP contribution >= 0.6 is 0 Å². The maximum absolute atomic E-state index is 2.28. The first-order chi connectivity index (χ1) is 12.8. The van der Waals surface area contributed by atoms with Gasteiger partial charge in [-0.3, -0.25) is 0 Å². The number of para-hydroxylation sites is 2. The summed E-state index contributed by atoms with van der Waals surface area (Å²) in [6.45, 7) is 3.15. The lowest BCUT2D eigenvalue weighted by atomic mass is 9.99. The molecule has 2 heterocycles. The van der Waals surface area contributed by atoms with Gasteiger partial charge in [-0.15, -0.1) is 0 Å². The lowest BCUT2D eigenvalue weighted by molar-refractivity contribution is -0.644. The fourth-order valence-electron chi connectivity index (χ4n) is 3.52. The highest BCUT2D eigenvalue weighted by Crippen LogP contribution is 2.32. The third-order valence-corrected chi connectivity index (χ3v) is 4.92. The average molecular weight is 466 g/mol. The van der Waals surface area contributed by atoms with Gasteiger partial charge in [0.25, 0.3) is 0 Å². The van der Waals surface area contributed by atoms with Crippen LogP contribution < -0.4 is 33.4 Å². The minimum atomic E-state index is 0. The molecule has 0 saturated carbocycles. The molecule has 2 nitrogen and oxygen atoms in total. The molecule has 0 N–H and O–H groups in total. The first kappa shape index (κ1) is 19.4. The molecule has 4 rings (SSSR count). The third-order valence-electron chi connectivity index (χ3n) is 4.92. The number of nitrogens with zero attached hydrogens (tertiary/aromatic N) is 2. The Bertz CT molecular complexity index is 1050. The van der Waals surface area contributed by atoms with E-state index in [0.717, 1.165) is 6.54 Å². The van der Waals surface area contributed by atoms with Gasteiger partial charge in [-0.1, -0.05) is 48.6 Å². The largest absolute Gasteiger partial charge is 1.00 e. The Morgan fingerprint density at radius 3 is 2.63 bits per heavy atom. The summed E-state index contributed by atoms with van der Waals surface area (Å²) in [6, 6.07) is 19.3. The quantitative estimate of drug-likeness (QED) is 0.424. The molecule has 1 aliphatic rings. The number of aryl methyl sites for hydroxylation is 1. The second kappa shape index (κ2) is 8.53. The van der Waals surface area contributed by atoms with E-state index in [2.05, 4.69) is 115 Å². The molecule has 136 valence electrons. The number of anilines is 1. The maximum Gasteiger partial charge on any atom is 0.212 e. The Labute approximate surface area is 178 Å². The van der Waals surface area contributed by atoms with Crippen LogP contribution in [0.25, 0.3) is 22.6 Å². The van der Waals surface area contributed by atoms with Gasteiger partial charge >= 0.3 is 0 Å². The lowest BCUT2D eigenvalue weighted by Crippen LogP contribution is -3.00. The van der Waals surface area contributed by atoms with Crippen molar-refractivity contribution in [1.82, 2.24) is 0 Å². The standard InChI is InChI=1S/C24H23N2.HI/c1-3-26-18-16-20(22-12-5-7-14-24(22)26)10-8-9-19-15-17-25(2)23-13-6-4-11-21(19)23;/h4-18H,3H2,1-2H3;1H/q+1;/p-1. The van der Waals surface area contributed by atoms with Crippen molar-refractivity contribution in [1.29, 1.82) is 0 Å². The number of halogens is 1. The number of pyridine rings is 1. The summed E-state index contributed by atoms with van der Waals surface area (Å²) in [4.78, 5) is 2.28.